The second-order valence-electron chi connectivity index (χ2n) is 5.76. The summed E-state index contributed by atoms with van der Waals surface area (Å²) in [4.78, 5) is 0. The Labute approximate surface area is 105 Å². The Morgan fingerprint density at radius 2 is 2.12 bits per heavy atom. The molecule has 2 N–H and O–H groups in total. The molecule has 17 heavy (non-hydrogen) atoms. The topological polar surface area (TPSA) is 26.0 Å². The molecule has 94 valence electrons. The second-order valence-corrected chi connectivity index (χ2v) is 5.76. The molecule has 2 rings (SSSR count). The summed E-state index contributed by atoms with van der Waals surface area (Å²) >= 11 is 0. The summed E-state index contributed by atoms with van der Waals surface area (Å²) in [5, 5.41) is 0. The van der Waals surface area contributed by atoms with Gasteiger partial charge < -0.3 is 5.73 Å². The standard InChI is InChI=1S/C16H25N/c1-3-7-13(2)12-16(17)11-6-9-14-8-4-5-10-15(14)16/h4-5,8,10,13H,3,6-7,9,11-12,17H2,1-2H3. The normalized spacial score (nSPS) is 25.4. The van der Waals surface area contributed by atoms with Gasteiger partial charge in [-0.05, 0) is 42.7 Å². The number of nitrogens with two attached hydrogens (primary N) is 1. The summed E-state index contributed by atoms with van der Waals surface area (Å²) in [6.45, 7) is 4.60. The lowest BCUT2D eigenvalue weighted by Crippen LogP contribution is -2.41. The first-order chi connectivity index (χ1) is 8.15. The van der Waals surface area contributed by atoms with Crippen LogP contribution in [0.15, 0.2) is 24.3 Å². The van der Waals surface area contributed by atoms with Crippen LogP contribution in [0.25, 0.3) is 0 Å². The molecule has 0 saturated heterocycles. The zero-order valence-corrected chi connectivity index (χ0v) is 11.2. The van der Waals surface area contributed by atoms with Crippen molar-refractivity contribution in [3.8, 4) is 0 Å². The Hall–Kier alpha value is -0.820. The molecule has 0 radical (unpaired) electrons. The molecule has 0 amide bonds. The van der Waals surface area contributed by atoms with Crippen LogP contribution in [0, 0.1) is 5.92 Å². The van der Waals surface area contributed by atoms with Gasteiger partial charge in [0.15, 0.2) is 0 Å². The molecule has 0 aliphatic heterocycles. The predicted molar refractivity (Wildman–Crippen MR) is 73.9 cm³/mol. The SMILES string of the molecule is CCCC(C)CC1(N)CCCc2ccccc21. The molecule has 0 spiro atoms. The lowest BCUT2D eigenvalue weighted by atomic mass is 9.72. The number of rotatable bonds is 4. The fraction of sp³-hybridized carbons (Fsp3) is 0.625. The van der Waals surface area contributed by atoms with Crippen molar-refractivity contribution in [2.75, 3.05) is 0 Å². The maximum absolute atomic E-state index is 6.70. The van der Waals surface area contributed by atoms with Crippen LogP contribution in [0.2, 0.25) is 0 Å². The number of aryl methyl sites for hydroxylation is 1. The maximum atomic E-state index is 6.70. The third kappa shape index (κ3) is 2.71. The van der Waals surface area contributed by atoms with Gasteiger partial charge in [-0.3, -0.25) is 0 Å². The minimum absolute atomic E-state index is 0.0660. The lowest BCUT2D eigenvalue weighted by molar-refractivity contribution is 0.284. The van der Waals surface area contributed by atoms with Crippen LogP contribution >= 0.6 is 0 Å². The van der Waals surface area contributed by atoms with Gasteiger partial charge in [-0.2, -0.15) is 0 Å². The summed E-state index contributed by atoms with van der Waals surface area (Å²) in [5.74, 6) is 0.733. The number of hydrogen-bond acceptors (Lipinski definition) is 1. The Morgan fingerprint density at radius 1 is 1.35 bits per heavy atom. The molecule has 0 fully saturated rings. The van der Waals surface area contributed by atoms with Gasteiger partial charge in [-0.25, -0.2) is 0 Å². The summed E-state index contributed by atoms with van der Waals surface area (Å²) in [6.07, 6.45) is 7.29. The fourth-order valence-electron chi connectivity index (χ4n) is 3.38. The van der Waals surface area contributed by atoms with E-state index in [4.69, 9.17) is 5.73 Å². The fourth-order valence-corrected chi connectivity index (χ4v) is 3.38. The minimum Gasteiger partial charge on any atom is -0.321 e. The molecule has 1 aromatic carbocycles. The van der Waals surface area contributed by atoms with E-state index < -0.39 is 0 Å². The Kier molecular flexibility index (Phi) is 3.88. The first-order valence-corrected chi connectivity index (χ1v) is 7.03. The predicted octanol–water partition coefficient (Wildman–Crippen LogP) is 4.00. The van der Waals surface area contributed by atoms with Crippen molar-refractivity contribution in [1.82, 2.24) is 0 Å². The minimum atomic E-state index is -0.0660. The van der Waals surface area contributed by atoms with E-state index in [1.807, 2.05) is 0 Å². The van der Waals surface area contributed by atoms with Crippen LogP contribution < -0.4 is 5.73 Å². The molecular formula is C16H25N. The number of benzene rings is 1. The van der Waals surface area contributed by atoms with Crippen LogP contribution in [0.5, 0.6) is 0 Å². The van der Waals surface area contributed by atoms with Crippen molar-refractivity contribution in [1.29, 1.82) is 0 Å². The molecule has 0 saturated carbocycles. The quantitative estimate of drug-likeness (QED) is 0.832. The van der Waals surface area contributed by atoms with E-state index in [2.05, 4.69) is 38.1 Å². The molecule has 1 aliphatic carbocycles. The van der Waals surface area contributed by atoms with Crippen molar-refractivity contribution < 1.29 is 0 Å². The van der Waals surface area contributed by atoms with E-state index in [-0.39, 0.29) is 5.54 Å². The first-order valence-electron chi connectivity index (χ1n) is 7.03. The van der Waals surface area contributed by atoms with E-state index >= 15 is 0 Å². The molecule has 0 aromatic heterocycles. The van der Waals surface area contributed by atoms with Crippen molar-refractivity contribution >= 4 is 0 Å². The first kappa shape index (κ1) is 12.6. The van der Waals surface area contributed by atoms with E-state index in [1.165, 1.54) is 36.8 Å². The van der Waals surface area contributed by atoms with Crippen LogP contribution in [-0.4, -0.2) is 0 Å². The van der Waals surface area contributed by atoms with Gasteiger partial charge in [0.1, 0.15) is 0 Å². The highest BCUT2D eigenvalue weighted by Crippen LogP contribution is 2.38. The van der Waals surface area contributed by atoms with Gasteiger partial charge in [-0.15, -0.1) is 0 Å². The summed E-state index contributed by atoms with van der Waals surface area (Å²) in [7, 11) is 0. The average Bonchev–Trinajstić information content (AvgIpc) is 2.29. The van der Waals surface area contributed by atoms with Gasteiger partial charge in [0, 0.05) is 5.54 Å². The highest BCUT2D eigenvalue weighted by atomic mass is 14.8. The molecule has 1 heteroatoms. The van der Waals surface area contributed by atoms with E-state index in [1.54, 1.807) is 0 Å². The molecular weight excluding hydrogens is 206 g/mol. The van der Waals surface area contributed by atoms with Crippen LogP contribution in [-0.2, 0) is 12.0 Å². The van der Waals surface area contributed by atoms with Gasteiger partial charge in [0.05, 0.1) is 0 Å². The molecule has 1 aromatic rings. The van der Waals surface area contributed by atoms with Crippen LogP contribution in [0.3, 0.4) is 0 Å². The highest BCUT2D eigenvalue weighted by molar-refractivity contribution is 5.35. The molecule has 2 unspecified atom stereocenters. The molecule has 1 aliphatic rings. The maximum Gasteiger partial charge on any atom is 0.0415 e. The van der Waals surface area contributed by atoms with Gasteiger partial charge in [0.25, 0.3) is 0 Å². The van der Waals surface area contributed by atoms with Crippen molar-refractivity contribution in [2.45, 2.75) is 57.9 Å². The van der Waals surface area contributed by atoms with E-state index in [0.29, 0.717) is 0 Å². The molecule has 2 atom stereocenters. The van der Waals surface area contributed by atoms with Gasteiger partial charge in [0.2, 0.25) is 0 Å². The lowest BCUT2D eigenvalue weighted by Gasteiger charge is -2.37. The third-order valence-corrected chi connectivity index (χ3v) is 4.12. The summed E-state index contributed by atoms with van der Waals surface area (Å²) < 4.78 is 0. The molecule has 1 nitrogen and oxygen atoms in total. The Bertz CT molecular complexity index is 372. The summed E-state index contributed by atoms with van der Waals surface area (Å²) in [5.41, 5.74) is 9.52. The van der Waals surface area contributed by atoms with Crippen molar-refractivity contribution in [2.24, 2.45) is 11.7 Å². The molecule has 0 heterocycles. The van der Waals surface area contributed by atoms with Crippen molar-refractivity contribution in [3.05, 3.63) is 35.4 Å². The zero-order chi connectivity index (χ0) is 12.3. The third-order valence-electron chi connectivity index (χ3n) is 4.12. The molecule has 0 bridgehead atoms. The van der Waals surface area contributed by atoms with E-state index in [9.17, 15) is 0 Å². The summed E-state index contributed by atoms with van der Waals surface area (Å²) in [6, 6.07) is 8.77. The smallest absolute Gasteiger partial charge is 0.0415 e. The van der Waals surface area contributed by atoms with Crippen LogP contribution in [0.1, 0.15) is 57.1 Å². The van der Waals surface area contributed by atoms with Gasteiger partial charge >= 0.3 is 0 Å². The average molecular weight is 231 g/mol. The number of hydrogen-bond donors (Lipinski definition) is 1. The van der Waals surface area contributed by atoms with Crippen molar-refractivity contribution in [3.63, 3.8) is 0 Å². The zero-order valence-electron chi connectivity index (χ0n) is 11.2. The number of fused-ring (bicyclic) bond motifs is 1. The Morgan fingerprint density at radius 3 is 2.88 bits per heavy atom. The van der Waals surface area contributed by atoms with E-state index in [0.717, 1.165) is 18.8 Å². The largest absolute Gasteiger partial charge is 0.321 e. The Balaban J connectivity index is 2.20. The second kappa shape index (κ2) is 5.22. The highest BCUT2D eigenvalue weighted by Gasteiger charge is 2.33. The van der Waals surface area contributed by atoms with Crippen LogP contribution in [0.4, 0.5) is 0 Å². The monoisotopic (exact) mass is 231 g/mol. The van der Waals surface area contributed by atoms with Gasteiger partial charge in [-0.1, -0.05) is 51.0 Å².